The van der Waals surface area contributed by atoms with Gasteiger partial charge in [-0.05, 0) is 18.7 Å². The van der Waals surface area contributed by atoms with Crippen LogP contribution < -0.4 is 0 Å². The van der Waals surface area contributed by atoms with Gasteiger partial charge in [-0.15, -0.1) is 0 Å². The first kappa shape index (κ1) is 17.5. The van der Waals surface area contributed by atoms with Gasteiger partial charge in [-0.1, -0.05) is 30.3 Å². The predicted molar refractivity (Wildman–Crippen MR) is 99.5 cm³/mol. The number of amides is 2. The van der Waals surface area contributed by atoms with E-state index in [4.69, 9.17) is 0 Å². The minimum absolute atomic E-state index is 0.0613. The first-order chi connectivity index (χ1) is 12.2. The van der Waals surface area contributed by atoms with Gasteiger partial charge in [0.15, 0.2) is 0 Å². The molecule has 2 aromatic rings. The van der Waals surface area contributed by atoms with Crippen LogP contribution in [0.1, 0.15) is 16.9 Å². The molecular formula is C18H22N4O2S. The molecule has 7 heteroatoms. The summed E-state index contributed by atoms with van der Waals surface area (Å²) in [6.07, 6.45) is 2.72. The molecule has 0 atom stereocenters. The van der Waals surface area contributed by atoms with Crippen LogP contribution in [-0.4, -0.2) is 70.0 Å². The number of carbonyl (C=O) groups is 2. The summed E-state index contributed by atoms with van der Waals surface area (Å²) in [6, 6.07) is 11.6. The second kappa shape index (κ2) is 8.20. The van der Waals surface area contributed by atoms with E-state index >= 15 is 0 Å². The number of hydrogen-bond acceptors (Lipinski definition) is 4. The van der Waals surface area contributed by atoms with Crippen LogP contribution >= 0.6 is 11.8 Å². The molecule has 2 amide bonds. The molecule has 0 radical (unpaired) electrons. The molecule has 0 aliphatic carbocycles. The van der Waals surface area contributed by atoms with E-state index in [-0.39, 0.29) is 11.8 Å². The summed E-state index contributed by atoms with van der Waals surface area (Å²) in [5.41, 5.74) is 2.22. The van der Waals surface area contributed by atoms with E-state index in [2.05, 4.69) is 10.2 Å². The van der Waals surface area contributed by atoms with E-state index in [0.717, 1.165) is 17.7 Å². The van der Waals surface area contributed by atoms with Gasteiger partial charge in [0.1, 0.15) is 5.69 Å². The number of H-pyrrole nitrogens is 1. The zero-order valence-corrected chi connectivity index (χ0v) is 15.1. The Hall–Kier alpha value is -2.28. The normalized spacial score (nSPS) is 15.1. The topological polar surface area (TPSA) is 69.3 Å². The van der Waals surface area contributed by atoms with Crippen molar-refractivity contribution in [2.75, 3.05) is 38.2 Å². The van der Waals surface area contributed by atoms with Gasteiger partial charge in [0, 0.05) is 31.7 Å². The molecule has 1 fully saturated rings. The molecule has 0 bridgehead atoms. The Labute approximate surface area is 151 Å². The van der Waals surface area contributed by atoms with Crippen LogP contribution in [0.25, 0.3) is 11.3 Å². The Balaban J connectivity index is 1.65. The van der Waals surface area contributed by atoms with Gasteiger partial charge >= 0.3 is 0 Å². The second-order valence-electron chi connectivity index (χ2n) is 5.99. The third-order valence-electron chi connectivity index (χ3n) is 4.28. The monoisotopic (exact) mass is 358 g/mol. The molecule has 1 aromatic carbocycles. The number of nitrogens with one attached hydrogen (secondary N) is 1. The van der Waals surface area contributed by atoms with Gasteiger partial charge in [-0.3, -0.25) is 14.7 Å². The third-order valence-corrected chi connectivity index (χ3v) is 4.82. The molecule has 132 valence electrons. The van der Waals surface area contributed by atoms with E-state index < -0.39 is 0 Å². The summed E-state index contributed by atoms with van der Waals surface area (Å²) >= 11 is 1.53. The van der Waals surface area contributed by atoms with E-state index in [9.17, 15) is 9.59 Å². The number of carbonyl (C=O) groups excluding carboxylic acids is 2. The fourth-order valence-electron chi connectivity index (χ4n) is 2.94. The predicted octanol–water partition coefficient (Wildman–Crippen LogP) is 2.11. The number of nitrogens with zero attached hydrogens (tertiary/aromatic N) is 3. The number of hydrogen-bond donors (Lipinski definition) is 1. The highest BCUT2D eigenvalue weighted by atomic mass is 32.2. The largest absolute Gasteiger partial charge is 0.340 e. The molecule has 1 N–H and O–H groups in total. The Bertz CT molecular complexity index is 732. The molecule has 0 unspecified atom stereocenters. The van der Waals surface area contributed by atoms with E-state index in [1.54, 1.807) is 11.0 Å². The number of aromatic amines is 1. The van der Waals surface area contributed by atoms with Crippen LogP contribution in [0.2, 0.25) is 0 Å². The van der Waals surface area contributed by atoms with Crippen LogP contribution in [0, 0.1) is 0 Å². The highest BCUT2D eigenvalue weighted by Crippen LogP contribution is 2.18. The third kappa shape index (κ3) is 4.22. The van der Waals surface area contributed by atoms with Gasteiger partial charge in [-0.2, -0.15) is 16.9 Å². The zero-order chi connectivity index (χ0) is 17.6. The maximum Gasteiger partial charge on any atom is 0.271 e. The van der Waals surface area contributed by atoms with Gasteiger partial charge in [0.2, 0.25) is 5.91 Å². The van der Waals surface area contributed by atoms with Crippen LogP contribution in [0.15, 0.2) is 36.4 Å². The smallest absolute Gasteiger partial charge is 0.271 e. The van der Waals surface area contributed by atoms with Crippen LogP contribution in [0.4, 0.5) is 0 Å². The minimum atomic E-state index is -0.0613. The fraction of sp³-hybridized carbons (Fsp3) is 0.389. The SMILES string of the molecule is CSCC(=O)N1CCCN(C(=O)c2cc(-c3ccccc3)n[nH]2)CC1. The van der Waals surface area contributed by atoms with Crippen molar-refractivity contribution in [2.45, 2.75) is 6.42 Å². The van der Waals surface area contributed by atoms with Gasteiger partial charge < -0.3 is 9.80 Å². The maximum absolute atomic E-state index is 12.7. The molecule has 1 aromatic heterocycles. The summed E-state index contributed by atoms with van der Waals surface area (Å²) in [6.45, 7) is 2.51. The van der Waals surface area contributed by atoms with Crippen molar-refractivity contribution in [2.24, 2.45) is 0 Å². The molecule has 3 rings (SSSR count). The van der Waals surface area contributed by atoms with Crippen molar-refractivity contribution in [1.82, 2.24) is 20.0 Å². The average Bonchev–Trinajstić information content (AvgIpc) is 3.00. The van der Waals surface area contributed by atoms with Gasteiger partial charge in [0.25, 0.3) is 5.91 Å². The van der Waals surface area contributed by atoms with Crippen LogP contribution in [0.3, 0.4) is 0 Å². The summed E-state index contributed by atoms with van der Waals surface area (Å²) < 4.78 is 0. The average molecular weight is 358 g/mol. The lowest BCUT2D eigenvalue weighted by Crippen LogP contribution is -2.38. The molecule has 0 saturated carbocycles. The molecule has 25 heavy (non-hydrogen) atoms. The molecule has 1 saturated heterocycles. The first-order valence-corrected chi connectivity index (χ1v) is 9.75. The van der Waals surface area contributed by atoms with Gasteiger partial charge in [0.05, 0.1) is 11.4 Å². The van der Waals surface area contributed by atoms with Crippen molar-refractivity contribution in [3.8, 4) is 11.3 Å². The highest BCUT2D eigenvalue weighted by Gasteiger charge is 2.23. The second-order valence-corrected chi connectivity index (χ2v) is 6.86. The lowest BCUT2D eigenvalue weighted by atomic mass is 10.1. The Kier molecular flexibility index (Phi) is 5.75. The van der Waals surface area contributed by atoms with Crippen molar-refractivity contribution in [3.63, 3.8) is 0 Å². The Morgan fingerprint density at radius 2 is 1.84 bits per heavy atom. The lowest BCUT2D eigenvalue weighted by Gasteiger charge is -2.21. The van der Waals surface area contributed by atoms with Crippen LogP contribution in [-0.2, 0) is 4.79 Å². The quantitative estimate of drug-likeness (QED) is 0.909. The Morgan fingerprint density at radius 3 is 2.60 bits per heavy atom. The van der Waals surface area contributed by atoms with Crippen LogP contribution in [0.5, 0.6) is 0 Å². The Morgan fingerprint density at radius 1 is 1.12 bits per heavy atom. The molecular weight excluding hydrogens is 336 g/mol. The molecule has 1 aliphatic rings. The molecule has 6 nitrogen and oxygen atoms in total. The number of benzene rings is 1. The maximum atomic E-state index is 12.7. The zero-order valence-electron chi connectivity index (χ0n) is 14.3. The molecule has 0 spiro atoms. The van der Waals surface area contributed by atoms with Gasteiger partial charge in [-0.25, -0.2) is 0 Å². The number of rotatable bonds is 4. The summed E-state index contributed by atoms with van der Waals surface area (Å²) in [7, 11) is 0. The minimum Gasteiger partial charge on any atom is -0.340 e. The number of aromatic nitrogens is 2. The molecule has 1 aliphatic heterocycles. The summed E-state index contributed by atoms with van der Waals surface area (Å²) in [4.78, 5) is 28.4. The highest BCUT2D eigenvalue weighted by molar-refractivity contribution is 7.99. The van der Waals surface area contributed by atoms with Crippen molar-refractivity contribution in [1.29, 1.82) is 0 Å². The number of thioether (sulfide) groups is 1. The van der Waals surface area contributed by atoms with E-state index in [0.29, 0.717) is 37.6 Å². The van der Waals surface area contributed by atoms with Crippen molar-refractivity contribution < 1.29 is 9.59 Å². The fourth-order valence-corrected chi connectivity index (χ4v) is 3.37. The summed E-state index contributed by atoms with van der Waals surface area (Å²) in [5, 5.41) is 7.10. The summed E-state index contributed by atoms with van der Waals surface area (Å²) in [5.74, 6) is 0.582. The van der Waals surface area contributed by atoms with E-state index in [1.807, 2.05) is 41.5 Å². The van der Waals surface area contributed by atoms with Crippen molar-refractivity contribution in [3.05, 3.63) is 42.1 Å². The molecule has 2 heterocycles. The van der Waals surface area contributed by atoms with E-state index in [1.165, 1.54) is 11.8 Å². The lowest BCUT2D eigenvalue weighted by molar-refractivity contribution is -0.128. The first-order valence-electron chi connectivity index (χ1n) is 8.36. The standard InChI is InChI=1S/C18H22N4O2S/c1-25-13-17(23)21-8-5-9-22(11-10-21)18(24)16-12-15(19-20-16)14-6-3-2-4-7-14/h2-4,6-7,12H,5,8-11,13H2,1H3,(H,19,20). The van der Waals surface area contributed by atoms with Crippen molar-refractivity contribution >= 4 is 23.6 Å².